The van der Waals surface area contributed by atoms with Gasteiger partial charge in [-0.1, -0.05) is 60.7 Å². The molecule has 0 atom stereocenters. The van der Waals surface area contributed by atoms with Crippen LogP contribution >= 0.6 is 0 Å². The van der Waals surface area contributed by atoms with Crippen LogP contribution < -0.4 is 0 Å². The van der Waals surface area contributed by atoms with E-state index in [2.05, 4.69) is 54.6 Å². The lowest BCUT2D eigenvalue weighted by atomic mass is 10.1. The molecule has 2 heterocycles. The smallest absolute Gasteiger partial charge is 0.0705 e. The second kappa shape index (κ2) is 6.17. The third-order valence-corrected chi connectivity index (χ3v) is 4.20. The molecule has 0 saturated heterocycles. The second-order valence-corrected chi connectivity index (χ2v) is 5.83. The monoisotopic (exact) mass is 298 g/mol. The van der Waals surface area contributed by atoms with Crippen LogP contribution in [0.1, 0.15) is 24.1 Å². The summed E-state index contributed by atoms with van der Waals surface area (Å²) in [5.74, 6) is 0. The van der Waals surface area contributed by atoms with Gasteiger partial charge in [-0.25, -0.2) is 0 Å². The summed E-state index contributed by atoms with van der Waals surface area (Å²) in [5.41, 5.74) is 5.76. The average molecular weight is 298 g/mol. The van der Waals surface area contributed by atoms with Gasteiger partial charge in [0.1, 0.15) is 0 Å². The van der Waals surface area contributed by atoms with Crippen molar-refractivity contribution in [2.75, 3.05) is 0 Å². The number of para-hydroxylation sites is 1. The van der Waals surface area contributed by atoms with Gasteiger partial charge in [-0.3, -0.25) is 9.98 Å². The van der Waals surface area contributed by atoms with E-state index >= 15 is 0 Å². The number of pyridine rings is 1. The first-order valence-corrected chi connectivity index (χ1v) is 8.05. The van der Waals surface area contributed by atoms with Gasteiger partial charge in [-0.2, -0.15) is 0 Å². The fourth-order valence-electron chi connectivity index (χ4n) is 2.95. The molecule has 0 unspecified atom stereocenters. The molecule has 1 aromatic heterocycles. The number of hydrogen-bond donors (Lipinski definition) is 0. The van der Waals surface area contributed by atoms with E-state index in [1.807, 2.05) is 18.2 Å². The van der Waals surface area contributed by atoms with Gasteiger partial charge in [-0.15, -0.1) is 0 Å². The van der Waals surface area contributed by atoms with Crippen LogP contribution in [0.3, 0.4) is 0 Å². The zero-order valence-corrected chi connectivity index (χ0v) is 12.9. The molecule has 0 radical (unpaired) electrons. The Morgan fingerprint density at radius 2 is 1.61 bits per heavy atom. The number of fused-ring (bicyclic) bond motifs is 1. The predicted octanol–water partition coefficient (Wildman–Crippen LogP) is 5.05. The third-order valence-electron chi connectivity index (χ3n) is 4.20. The lowest BCUT2D eigenvalue weighted by Gasteiger charge is -2.03. The molecule has 23 heavy (non-hydrogen) atoms. The van der Waals surface area contributed by atoms with Crippen molar-refractivity contribution in [2.24, 2.45) is 4.99 Å². The molecule has 0 fully saturated rings. The van der Waals surface area contributed by atoms with Crippen LogP contribution in [0.4, 0.5) is 0 Å². The normalized spacial score (nSPS) is 13.9. The summed E-state index contributed by atoms with van der Waals surface area (Å²) in [4.78, 5) is 9.53. The topological polar surface area (TPSA) is 25.2 Å². The lowest BCUT2D eigenvalue weighted by Crippen LogP contribution is -1.98. The summed E-state index contributed by atoms with van der Waals surface area (Å²) in [5, 5.41) is 1.20. The summed E-state index contributed by atoms with van der Waals surface area (Å²) in [7, 11) is 0. The largest absolute Gasteiger partial charge is 0.257 e. The maximum Gasteiger partial charge on any atom is 0.0705 e. The summed E-state index contributed by atoms with van der Waals surface area (Å²) in [6.07, 6.45) is 5.09. The Bertz CT molecular complexity index is 892. The number of allylic oxidation sites excluding steroid dienone is 1. The van der Waals surface area contributed by atoms with Gasteiger partial charge in [0, 0.05) is 23.2 Å². The summed E-state index contributed by atoms with van der Waals surface area (Å²) < 4.78 is 0. The molecule has 112 valence electrons. The molecule has 0 amide bonds. The fraction of sp³-hybridized carbons (Fsp3) is 0.143. The first-order valence-electron chi connectivity index (χ1n) is 8.05. The zero-order chi connectivity index (χ0) is 15.5. The lowest BCUT2D eigenvalue weighted by molar-refractivity contribution is 0.975. The number of benzene rings is 2. The summed E-state index contributed by atoms with van der Waals surface area (Å²) >= 11 is 0. The molecule has 0 bridgehead atoms. The highest BCUT2D eigenvalue weighted by Crippen LogP contribution is 2.23. The van der Waals surface area contributed by atoms with Crippen LogP contribution in [0.25, 0.3) is 16.6 Å². The Morgan fingerprint density at radius 1 is 0.783 bits per heavy atom. The highest BCUT2D eigenvalue weighted by Gasteiger charge is 2.10. The van der Waals surface area contributed by atoms with Crippen molar-refractivity contribution in [1.82, 2.24) is 4.98 Å². The molecule has 1 aliphatic heterocycles. The van der Waals surface area contributed by atoms with Crippen LogP contribution in [0.2, 0.25) is 0 Å². The van der Waals surface area contributed by atoms with Crippen molar-refractivity contribution in [1.29, 1.82) is 0 Å². The van der Waals surface area contributed by atoms with Gasteiger partial charge in [0.2, 0.25) is 0 Å². The quantitative estimate of drug-likeness (QED) is 0.661. The molecule has 2 aromatic carbocycles. The van der Waals surface area contributed by atoms with Crippen molar-refractivity contribution < 1.29 is 0 Å². The molecule has 0 N–H and O–H groups in total. The van der Waals surface area contributed by atoms with E-state index in [0.717, 1.165) is 36.2 Å². The van der Waals surface area contributed by atoms with E-state index in [1.165, 1.54) is 16.7 Å². The van der Waals surface area contributed by atoms with E-state index in [0.29, 0.717) is 0 Å². The SMILES string of the molecule is C1=C(c2ccccc2)N=C(CCc2ccc3ccccc3n2)C1. The van der Waals surface area contributed by atoms with Gasteiger partial charge in [0.25, 0.3) is 0 Å². The highest BCUT2D eigenvalue weighted by molar-refractivity contribution is 5.95. The summed E-state index contributed by atoms with van der Waals surface area (Å²) in [6, 6.07) is 22.9. The number of hydrogen-bond acceptors (Lipinski definition) is 2. The number of rotatable bonds is 4. The van der Waals surface area contributed by atoms with Gasteiger partial charge in [0.15, 0.2) is 0 Å². The first kappa shape index (κ1) is 13.9. The Labute approximate surface area is 136 Å². The maximum atomic E-state index is 4.79. The molecule has 1 aliphatic rings. The number of nitrogens with zero attached hydrogens (tertiary/aromatic N) is 2. The van der Waals surface area contributed by atoms with Crippen LogP contribution in [0.5, 0.6) is 0 Å². The van der Waals surface area contributed by atoms with E-state index in [4.69, 9.17) is 9.98 Å². The molecular weight excluding hydrogens is 280 g/mol. The van der Waals surface area contributed by atoms with Gasteiger partial charge < -0.3 is 0 Å². The van der Waals surface area contributed by atoms with Crippen molar-refractivity contribution in [3.05, 3.63) is 84.1 Å². The van der Waals surface area contributed by atoms with Crippen LogP contribution in [-0.2, 0) is 6.42 Å². The standard InChI is InChI=1S/C21H18N2/c1-2-6-16(7-3-1)21-15-14-19(23-21)13-12-18-11-10-17-8-4-5-9-20(17)22-18/h1-11,15H,12-14H2. The van der Waals surface area contributed by atoms with E-state index in [-0.39, 0.29) is 0 Å². The van der Waals surface area contributed by atoms with E-state index in [1.54, 1.807) is 0 Å². The van der Waals surface area contributed by atoms with E-state index in [9.17, 15) is 0 Å². The summed E-state index contributed by atoms with van der Waals surface area (Å²) in [6.45, 7) is 0. The van der Waals surface area contributed by atoms with Gasteiger partial charge in [0.05, 0.1) is 11.2 Å². The Morgan fingerprint density at radius 3 is 2.52 bits per heavy atom. The number of aromatic nitrogens is 1. The van der Waals surface area contributed by atoms with Gasteiger partial charge in [-0.05, 0) is 30.5 Å². The highest BCUT2D eigenvalue weighted by atomic mass is 14.8. The molecule has 0 aliphatic carbocycles. The maximum absolute atomic E-state index is 4.79. The molecule has 3 aromatic rings. The number of aliphatic imine (C=N–C) groups is 1. The van der Waals surface area contributed by atoms with Crippen molar-refractivity contribution in [2.45, 2.75) is 19.3 Å². The molecule has 4 rings (SSSR count). The Hall–Kier alpha value is -2.74. The predicted molar refractivity (Wildman–Crippen MR) is 96.5 cm³/mol. The zero-order valence-electron chi connectivity index (χ0n) is 12.9. The van der Waals surface area contributed by atoms with Crippen molar-refractivity contribution in [3.8, 4) is 0 Å². The first-order chi connectivity index (χ1) is 11.4. The third kappa shape index (κ3) is 3.07. The fourth-order valence-corrected chi connectivity index (χ4v) is 2.95. The molecule has 2 nitrogen and oxygen atoms in total. The van der Waals surface area contributed by atoms with Crippen LogP contribution in [-0.4, -0.2) is 10.7 Å². The number of aryl methyl sites for hydroxylation is 1. The van der Waals surface area contributed by atoms with Crippen LogP contribution in [0.15, 0.2) is 77.8 Å². The van der Waals surface area contributed by atoms with Crippen molar-refractivity contribution in [3.63, 3.8) is 0 Å². The minimum Gasteiger partial charge on any atom is -0.257 e. The Balaban J connectivity index is 1.45. The van der Waals surface area contributed by atoms with Crippen molar-refractivity contribution >= 4 is 22.3 Å². The Kier molecular flexibility index (Phi) is 3.73. The molecule has 0 spiro atoms. The molecular formula is C21H18N2. The van der Waals surface area contributed by atoms with E-state index < -0.39 is 0 Å². The second-order valence-electron chi connectivity index (χ2n) is 5.83. The molecule has 0 saturated carbocycles. The average Bonchev–Trinajstić information content (AvgIpc) is 3.10. The van der Waals surface area contributed by atoms with Crippen LogP contribution in [0, 0.1) is 0 Å². The minimum atomic E-state index is 0.944. The van der Waals surface area contributed by atoms with Gasteiger partial charge >= 0.3 is 0 Å². The molecule has 2 heteroatoms. The minimum absolute atomic E-state index is 0.944.